The number of hydrogen-bond donors (Lipinski definition) is 2. The smallest absolute Gasteiger partial charge is 0.347 e. The molecule has 92 valence electrons. The molecule has 5 nitrogen and oxygen atoms in total. The minimum Gasteiger partial charge on any atom is -0.477 e. The molecular weight excluding hydrogens is 240 g/mol. The fourth-order valence-corrected chi connectivity index (χ4v) is 2.39. The van der Waals surface area contributed by atoms with E-state index in [0.717, 1.165) is 30.6 Å². The summed E-state index contributed by atoms with van der Waals surface area (Å²) in [5, 5.41) is 12.1. The van der Waals surface area contributed by atoms with Gasteiger partial charge in [0.15, 0.2) is 5.13 Å². The van der Waals surface area contributed by atoms with Gasteiger partial charge in [-0.25, -0.2) is 9.78 Å². The van der Waals surface area contributed by atoms with Crippen LogP contribution in [0.5, 0.6) is 0 Å². The lowest BCUT2D eigenvalue weighted by Crippen LogP contribution is -2.12. The highest BCUT2D eigenvalue weighted by Gasteiger charge is 2.30. The zero-order valence-corrected chi connectivity index (χ0v) is 10.3. The predicted molar refractivity (Wildman–Crippen MR) is 64.4 cm³/mol. The van der Waals surface area contributed by atoms with Crippen LogP contribution in [0.2, 0.25) is 0 Å². The van der Waals surface area contributed by atoms with E-state index in [-0.39, 0.29) is 16.7 Å². The minimum atomic E-state index is -0.974. The van der Waals surface area contributed by atoms with E-state index in [0.29, 0.717) is 17.2 Å². The molecule has 0 aliphatic heterocycles. The van der Waals surface area contributed by atoms with E-state index >= 15 is 0 Å². The molecule has 0 unspecified atom stereocenters. The van der Waals surface area contributed by atoms with Crippen molar-refractivity contribution in [2.24, 2.45) is 5.92 Å². The molecule has 2 N–H and O–H groups in total. The van der Waals surface area contributed by atoms with Crippen molar-refractivity contribution in [2.45, 2.75) is 32.6 Å². The summed E-state index contributed by atoms with van der Waals surface area (Å²) in [6.07, 6.45) is 3.30. The first-order chi connectivity index (χ1) is 8.11. The second-order valence-electron chi connectivity index (χ2n) is 4.11. The second kappa shape index (κ2) is 4.83. The highest BCUT2D eigenvalue weighted by atomic mass is 32.1. The average molecular weight is 254 g/mol. The number of amides is 1. The third kappa shape index (κ3) is 2.82. The summed E-state index contributed by atoms with van der Waals surface area (Å²) in [4.78, 5) is 26.9. The molecule has 1 amide bonds. The number of aryl methyl sites for hydroxylation is 1. The summed E-state index contributed by atoms with van der Waals surface area (Å²) in [5.41, 5.74) is 0.566. The average Bonchev–Trinajstić information content (AvgIpc) is 3.03. The molecule has 0 bridgehead atoms. The number of carbonyl (C=O) groups excluding carboxylic acids is 1. The standard InChI is InChI=1S/C11H14N2O3S/c1-2-3-7-8(10(15)16)17-11(12-7)13-9(14)6-4-5-6/h6H,2-5H2,1H3,(H,15,16)(H,12,13,14). The third-order valence-corrected chi connectivity index (χ3v) is 3.56. The quantitative estimate of drug-likeness (QED) is 0.843. The maximum atomic E-state index is 11.5. The Hall–Kier alpha value is -1.43. The number of nitrogens with one attached hydrogen (secondary N) is 1. The topological polar surface area (TPSA) is 79.3 Å². The van der Waals surface area contributed by atoms with Gasteiger partial charge in [0.2, 0.25) is 5.91 Å². The summed E-state index contributed by atoms with van der Waals surface area (Å²) < 4.78 is 0. The molecule has 2 rings (SSSR count). The van der Waals surface area contributed by atoms with Crippen molar-refractivity contribution in [3.63, 3.8) is 0 Å². The Bertz CT molecular complexity index is 452. The van der Waals surface area contributed by atoms with E-state index in [2.05, 4.69) is 10.3 Å². The number of rotatable bonds is 5. The van der Waals surface area contributed by atoms with Crippen LogP contribution < -0.4 is 5.32 Å². The molecule has 0 spiro atoms. The lowest BCUT2D eigenvalue weighted by atomic mass is 10.2. The van der Waals surface area contributed by atoms with Gasteiger partial charge in [-0.1, -0.05) is 24.7 Å². The predicted octanol–water partition coefficient (Wildman–Crippen LogP) is 2.14. The van der Waals surface area contributed by atoms with E-state index in [4.69, 9.17) is 5.11 Å². The first-order valence-corrected chi connectivity index (χ1v) is 6.47. The summed E-state index contributed by atoms with van der Waals surface area (Å²) in [6.45, 7) is 1.97. The SMILES string of the molecule is CCCc1nc(NC(=O)C2CC2)sc1C(=O)O. The lowest BCUT2D eigenvalue weighted by molar-refractivity contribution is -0.117. The van der Waals surface area contributed by atoms with Gasteiger partial charge >= 0.3 is 5.97 Å². The van der Waals surface area contributed by atoms with Crippen LogP contribution in [0.1, 0.15) is 41.6 Å². The first-order valence-electron chi connectivity index (χ1n) is 5.65. The number of aromatic nitrogens is 1. The van der Waals surface area contributed by atoms with Gasteiger partial charge in [0, 0.05) is 5.92 Å². The van der Waals surface area contributed by atoms with Crippen molar-refractivity contribution in [3.05, 3.63) is 10.6 Å². The van der Waals surface area contributed by atoms with Gasteiger partial charge in [0.05, 0.1) is 5.69 Å². The van der Waals surface area contributed by atoms with Gasteiger partial charge in [-0.05, 0) is 19.3 Å². The molecule has 17 heavy (non-hydrogen) atoms. The maximum Gasteiger partial charge on any atom is 0.347 e. The molecule has 1 aromatic rings. The Balaban J connectivity index is 2.14. The number of hydrogen-bond acceptors (Lipinski definition) is 4. The monoisotopic (exact) mass is 254 g/mol. The lowest BCUT2D eigenvalue weighted by Gasteiger charge is -1.97. The van der Waals surface area contributed by atoms with Gasteiger partial charge in [-0.3, -0.25) is 4.79 Å². The van der Waals surface area contributed by atoms with Crippen molar-refractivity contribution >= 4 is 28.3 Å². The van der Waals surface area contributed by atoms with E-state index < -0.39 is 5.97 Å². The number of carbonyl (C=O) groups is 2. The van der Waals surface area contributed by atoms with E-state index in [1.54, 1.807) is 0 Å². The molecule has 0 radical (unpaired) electrons. The molecule has 1 aliphatic rings. The fraction of sp³-hybridized carbons (Fsp3) is 0.545. The van der Waals surface area contributed by atoms with Crippen molar-refractivity contribution in [3.8, 4) is 0 Å². The number of carboxylic acid groups (broad SMARTS) is 1. The molecule has 0 atom stereocenters. The van der Waals surface area contributed by atoms with E-state index in [9.17, 15) is 9.59 Å². The van der Waals surface area contributed by atoms with Crippen LogP contribution >= 0.6 is 11.3 Å². The second-order valence-corrected chi connectivity index (χ2v) is 5.11. The van der Waals surface area contributed by atoms with Crippen LogP contribution in [0.4, 0.5) is 5.13 Å². The highest BCUT2D eigenvalue weighted by Crippen LogP contribution is 2.31. The summed E-state index contributed by atoms with van der Waals surface area (Å²) >= 11 is 1.04. The van der Waals surface area contributed by atoms with E-state index in [1.165, 1.54) is 0 Å². The molecule has 1 heterocycles. The van der Waals surface area contributed by atoms with Crippen LogP contribution in [0.15, 0.2) is 0 Å². The van der Waals surface area contributed by atoms with Crippen molar-refractivity contribution in [2.75, 3.05) is 5.32 Å². The first kappa shape index (κ1) is 12.0. The Morgan fingerprint density at radius 3 is 2.76 bits per heavy atom. The van der Waals surface area contributed by atoms with Crippen LogP contribution in [-0.4, -0.2) is 22.0 Å². The number of thiazole rings is 1. The Kier molecular flexibility index (Phi) is 3.42. The zero-order chi connectivity index (χ0) is 12.4. The van der Waals surface area contributed by atoms with Crippen LogP contribution in [0.25, 0.3) is 0 Å². The Morgan fingerprint density at radius 2 is 2.24 bits per heavy atom. The summed E-state index contributed by atoms with van der Waals surface area (Å²) in [7, 11) is 0. The Morgan fingerprint density at radius 1 is 1.53 bits per heavy atom. The summed E-state index contributed by atoms with van der Waals surface area (Å²) in [6, 6.07) is 0. The molecule has 1 aliphatic carbocycles. The Labute approximate surface area is 103 Å². The zero-order valence-electron chi connectivity index (χ0n) is 9.52. The van der Waals surface area contributed by atoms with E-state index in [1.807, 2.05) is 6.92 Å². The van der Waals surface area contributed by atoms with Crippen LogP contribution in [0, 0.1) is 5.92 Å². The van der Waals surface area contributed by atoms with Gasteiger partial charge in [-0.2, -0.15) is 0 Å². The van der Waals surface area contributed by atoms with Gasteiger partial charge in [0.25, 0.3) is 0 Å². The summed E-state index contributed by atoms with van der Waals surface area (Å²) in [5.74, 6) is -0.918. The largest absolute Gasteiger partial charge is 0.477 e. The van der Waals surface area contributed by atoms with Crippen LogP contribution in [-0.2, 0) is 11.2 Å². The molecule has 0 saturated heterocycles. The van der Waals surface area contributed by atoms with Gasteiger partial charge in [0.1, 0.15) is 4.88 Å². The van der Waals surface area contributed by atoms with Gasteiger partial charge in [-0.15, -0.1) is 0 Å². The molecular formula is C11H14N2O3S. The van der Waals surface area contributed by atoms with Crippen molar-refractivity contribution in [1.82, 2.24) is 4.98 Å². The number of anilines is 1. The molecule has 1 fully saturated rings. The maximum absolute atomic E-state index is 11.5. The third-order valence-electron chi connectivity index (χ3n) is 2.56. The fourth-order valence-electron chi connectivity index (χ4n) is 1.53. The number of carboxylic acids is 1. The molecule has 1 aromatic heterocycles. The number of aromatic carboxylic acids is 1. The minimum absolute atomic E-state index is 0.0428. The molecule has 1 saturated carbocycles. The molecule has 6 heteroatoms. The van der Waals surface area contributed by atoms with Crippen LogP contribution in [0.3, 0.4) is 0 Å². The molecule has 0 aromatic carbocycles. The van der Waals surface area contributed by atoms with Gasteiger partial charge < -0.3 is 10.4 Å². The number of nitrogens with zero attached hydrogens (tertiary/aromatic N) is 1. The normalized spacial score (nSPS) is 14.6. The highest BCUT2D eigenvalue weighted by molar-refractivity contribution is 7.17. The van der Waals surface area contributed by atoms with Crippen molar-refractivity contribution < 1.29 is 14.7 Å². The van der Waals surface area contributed by atoms with Crippen molar-refractivity contribution in [1.29, 1.82) is 0 Å².